The third-order valence-corrected chi connectivity index (χ3v) is 5.50. The Morgan fingerprint density at radius 3 is 2.17 bits per heavy atom. The van der Waals surface area contributed by atoms with Gasteiger partial charge in [-0.3, -0.25) is 9.97 Å². The summed E-state index contributed by atoms with van der Waals surface area (Å²) in [7, 11) is 0. The lowest BCUT2D eigenvalue weighted by Crippen LogP contribution is -1.84. The molecule has 0 radical (unpaired) electrons. The Bertz CT molecular complexity index is 1490. The average Bonchev–Trinajstić information content (AvgIpc) is 3.16. The van der Waals surface area contributed by atoms with Crippen LogP contribution in [0.15, 0.2) is 97.3 Å². The van der Waals surface area contributed by atoms with Gasteiger partial charge in [0.15, 0.2) is 0 Å². The van der Waals surface area contributed by atoms with Gasteiger partial charge in [-0.1, -0.05) is 42.5 Å². The lowest BCUT2D eigenvalue weighted by molar-refractivity contribution is 1.33. The van der Waals surface area contributed by atoms with Crippen molar-refractivity contribution in [2.45, 2.75) is 0 Å². The van der Waals surface area contributed by atoms with Crippen LogP contribution in [0.3, 0.4) is 0 Å². The minimum atomic E-state index is 0.984. The summed E-state index contributed by atoms with van der Waals surface area (Å²) in [5.41, 5.74) is 7.73. The van der Waals surface area contributed by atoms with Crippen molar-refractivity contribution < 1.29 is 0 Å². The molecule has 3 heterocycles. The highest BCUT2D eigenvalue weighted by Crippen LogP contribution is 2.34. The number of pyridine rings is 2. The lowest BCUT2D eigenvalue weighted by Gasteiger charge is -2.06. The molecule has 0 bridgehead atoms. The molecular weight excluding hydrogens is 354 g/mol. The number of fused-ring (bicyclic) bond motifs is 4. The van der Waals surface area contributed by atoms with E-state index in [-0.39, 0.29) is 0 Å². The molecule has 0 fully saturated rings. The summed E-state index contributed by atoms with van der Waals surface area (Å²) in [5, 5.41) is 3.57. The number of nitrogens with zero attached hydrogens (tertiary/aromatic N) is 2. The minimum Gasteiger partial charge on any atom is -0.355 e. The highest BCUT2D eigenvalue weighted by molar-refractivity contribution is 6.10. The molecule has 6 rings (SSSR count). The molecule has 0 aliphatic carbocycles. The van der Waals surface area contributed by atoms with Crippen LogP contribution in [0.4, 0.5) is 0 Å². The molecule has 1 N–H and O–H groups in total. The van der Waals surface area contributed by atoms with E-state index in [0.717, 1.165) is 38.8 Å². The van der Waals surface area contributed by atoms with Gasteiger partial charge in [0.25, 0.3) is 0 Å². The highest BCUT2D eigenvalue weighted by Gasteiger charge is 2.10. The fourth-order valence-corrected chi connectivity index (χ4v) is 4.09. The van der Waals surface area contributed by atoms with E-state index in [4.69, 9.17) is 0 Å². The van der Waals surface area contributed by atoms with Crippen molar-refractivity contribution in [3.63, 3.8) is 0 Å². The molecule has 0 aliphatic heterocycles. The Labute approximate surface area is 167 Å². The second kappa shape index (κ2) is 6.28. The van der Waals surface area contributed by atoms with Gasteiger partial charge < -0.3 is 4.98 Å². The van der Waals surface area contributed by atoms with Crippen LogP contribution >= 0.6 is 0 Å². The zero-order valence-electron chi connectivity index (χ0n) is 15.6. The smallest absolute Gasteiger partial charge is 0.0780 e. The summed E-state index contributed by atoms with van der Waals surface area (Å²) in [6.07, 6.45) is 3.69. The van der Waals surface area contributed by atoms with Crippen molar-refractivity contribution in [3.8, 4) is 22.4 Å². The Morgan fingerprint density at radius 2 is 1.34 bits per heavy atom. The van der Waals surface area contributed by atoms with E-state index in [2.05, 4.69) is 75.6 Å². The van der Waals surface area contributed by atoms with E-state index < -0.39 is 0 Å². The van der Waals surface area contributed by atoms with E-state index in [1.807, 2.05) is 36.7 Å². The molecule has 136 valence electrons. The number of benzene rings is 3. The van der Waals surface area contributed by atoms with E-state index >= 15 is 0 Å². The molecule has 0 amide bonds. The van der Waals surface area contributed by atoms with Crippen LogP contribution in [0.1, 0.15) is 0 Å². The Balaban J connectivity index is 1.59. The van der Waals surface area contributed by atoms with Crippen molar-refractivity contribution in [1.82, 2.24) is 15.0 Å². The zero-order chi connectivity index (χ0) is 19.2. The van der Waals surface area contributed by atoms with Gasteiger partial charge in [-0.2, -0.15) is 0 Å². The van der Waals surface area contributed by atoms with Gasteiger partial charge in [0.05, 0.1) is 11.2 Å². The maximum atomic E-state index is 4.63. The summed E-state index contributed by atoms with van der Waals surface area (Å²) in [5.74, 6) is 0. The SMILES string of the molecule is c1ccc(-c2ccc3[nH]c4ccc(-c5cccc6cccnc56)cc4c3c2)nc1. The number of aromatic amines is 1. The van der Waals surface area contributed by atoms with Crippen LogP contribution in [-0.2, 0) is 0 Å². The normalized spacial score (nSPS) is 11.4. The number of para-hydroxylation sites is 1. The van der Waals surface area contributed by atoms with Crippen molar-refractivity contribution in [3.05, 3.63) is 97.3 Å². The Hall–Kier alpha value is -3.98. The van der Waals surface area contributed by atoms with Gasteiger partial charge in [-0.15, -0.1) is 0 Å². The molecule has 0 saturated heterocycles. The van der Waals surface area contributed by atoms with Crippen LogP contribution in [0, 0.1) is 0 Å². The molecule has 0 unspecified atom stereocenters. The molecule has 3 nitrogen and oxygen atoms in total. The van der Waals surface area contributed by atoms with Gasteiger partial charge >= 0.3 is 0 Å². The number of hydrogen-bond acceptors (Lipinski definition) is 2. The third kappa shape index (κ3) is 2.59. The fraction of sp³-hybridized carbons (Fsp3) is 0. The summed E-state index contributed by atoms with van der Waals surface area (Å²) in [4.78, 5) is 12.7. The maximum absolute atomic E-state index is 4.63. The lowest BCUT2D eigenvalue weighted by atomic mass is 9.99. The van der Waals surface area contributed by atoms with Gasteiger partial charge in [0.2, 0.25) is 0 Å². The van der Waals surface area contributed by atoms with Crippen LogP contribution in [0.2, 0.25) is 0 Å². The first-order valence-corrected chi connectivity index (χ1v) is 9.68. The number of H-pyrrole nitrogens is 1. The van der Waals surface area contributed by atoms with E-state index in [1.54, 1.807) is 0 Å². The Morgan fingerprint density at radius 1 is 0.586 bits per heavy atom. The van der Waals surface area contributed by atoms with Crippen molar-refractivity contribution in [2.24, 2.45) is 0 Å². The number of hydrogen-bond donors (Lipinski definition) is 1. The zero-order valence-corrected chi connectivity index (χ0v) is 15.6. The fourth-order valence-electron chi connectivity index (χ4n) is 4.09. The quantitative estimate of drug-likeness (QED) is 0.373. The first-order chi connectivity index (χ1) is 14.4. The highest BCUT2D eigenvalue weighted by atomic mass is 14.7. The van der Waals surface area contributed by atoms with Crippen LogP contribution in [0.25, 0.3) is 55.1 Å². The van der Waals surface area contributed by atoms with E-state index in [9.17, 15) is 0 Å². The molecule has 6 aromatic rings. The standard InChI is InChI=1S/C26H17N3/c1-2-13-27-23(8-1)19-10-12-25-22(16-19)21-15-18(9-11-24(21)29-25)20-7-3-5-17-6-4-14-28-26(17)20/h1-16,29H. The van der Waals surface area contributed by atoms with Gasteiger partial charge in [0, 0.05) is 50.7 Å². The van der Waals surface area contributed by atoms with Crippen LogP contribution in [-0.4, -0.2) is 15.0 Å². The van der Waals surface area contributed by atoms with E-state index in [1.165, 1.54) is 16.3 Å². The van der Waals surface area contributed by atoms with Crippen LogP contribution < -0.4 is 0 Å². The van der Waals surface area contributed by atoms with Crippen LogP contribution in [0.5, 0.6) is 0 Å². The monoisotopic (exact) mass is 371 g/mol. The summed E-state index contributed by atoms with van der Waals surface area (Å²) >= 11 is 0. The second-order valence-electron chi connectivity index (χ2n) is 7.24. The largest absolute Gasteiger partial charge is 0.355 e. The molecule has 0 spiro atoms. The van der Waals surface area contributed by atoms with Crippen molar-refractivity contribution >= 4 is 32.7 Å². The summed E-state index contributed by atoms with van der Waals surface area (Å²) in [6.45, 7) is 0. The van der Waals surface area contributed by atoms with Gasteiger partial charge in [-0.25, -0.2) is 0 Å². The number of aromatic nitrogens is 3. The van der Waals surface area contributed by atoms with Crippen molar-refractivity contribution in [1.29, 1.82) is 0 Å². The first-order valence-electron chi connectivity index (χ1n) is 9.68. The summed E-state index contributed by atoms with van der Waals surface area (Å²) in [6, 6.07) is 29.5. The summed E-state index contributed by atoms with van der Waals surface area (Å²) < 4.78 is 0. The Kier molecular flexibility index (Phi) is 3.47. The minimum absolute atomic E-state index is 0.984. The topological polar surface area (TPSA) is 41.6 Å². The maximum Gasteiger partial charge on any atom is 0.0780 e. The molecule has 0 saturated carbocycles. The molecule has 3 aromatic heterocycles. The van der Waals surface area contributed by atoms with Crippen molar-refractivity contribution in [2.75, 3.05) is 0 Å². The first kappa shape index (κ1) is 16.0. The predicted octanol–water partition coefficient (Wildman–Crippen LogP) is 6.60. The molecule has 3 aromatic carbocycles. The predicted molar refractivity (Wildman–Crippen MR) is 120 cm³/mol. The van der Waals surface area contributed by atoms with Gasteiger partial charge in [-0.05, 0) is 48.0 Å². The molecular formula is C26H17N3. The molecule has 3 heteroatoms. The van der Waals surface area contributed by atoms with E-state index in [0.29, 0.717) is 0 Å². The van der Waals surface area contributed by atoms with Gasteiger partial charge in [0.1, 0.15) is 0 Å². The third-order valence-electron chi connectivity index (χ3n) is 5.50. The molecule has 0 aliphatic rings. The number of rotatable bonds is 2. The number of nitrogens with one attached hydrogen (secondary N) is 1. The molecule has 0 atom stereocenters. The second-order valence-corrected chi connectivity index (χ2v) is 7.24. The molecule has 29 heavy (non-hydrogen) atoms. The average molecular weight is 371 g/mol.